The summed E-state index contributed by atoms with van der Waals surface area (Å²) in [5.41, 5.74) is 4.45. The van der Waals surface area contributed by atoms with Crippen LogP contribution in [0.4, 0.5) is 0 Å². The fraction of sp³-hybridized carbons (Fsp3) is 0. The van der Waals surface area contributed by atoms with Crippen LogP contribution in [-0.2, 0) is 0 Å². The van der Waals surface area contributed by atoms with Crippen molar-refractivity contribution in [2.75, 3.05) is 0 Å². The van der Waals surface area contributed by atoms with E-state index in [0.29, 0.717) is 0 Å². The third kappa shape index (κ3) is 5.25. The third-order valence-corrected chi connectivity index (χ3v) is 13.6. The Morgan fingerprint density at radius 1 is 0.312 bits per heavy atom. The Hall–Kier alpha value is -4.60. The van der Waals surface area contributed by atoms with Crippen LogP contribution in [0.5, 0.6) is 0 Å². The number of thioether (sulfide) groups is 4. The fourth-order valence-corrected chi connectivity index (χ4v) is 11.8. The normalized spacial score (nSPS) is 14.9. The maximum Gasteiger partial charge on any atom is 0.0584 e. The van der Waals surface area contributed by atoms with Crippen LogP contribution in [0.3, 0.4) is 0 Å². The molecule has 0 amide bonds. The molecule has 8 heteroatoms. The van der Waals surface area contributed by atoms with Gasteiger partial charge >= 0.3 is 0 Å². The van der Waals surface area contributed by atoms with Gasteiger partial charge in [0, 0.05) is 102 Å². The predicted octanol–water partition coefficient (Wildman–Crippen LogP) is 9.72. The van der Waals surface area contributed by atoms with E-state index in [-0.39, 0.29) is 0 Å². The van der Waals surface area contributed by atoms with Crippen molar-refractivity contribution >= 4 is 96.7 Å². The lowest BCUT2D eigenvalue weighted by atomic mass is 9.99. The van der Waals surface area contributed by atoms with Crippen LogP contribution in [0.15, 0.2) is 147 Å². The third-order valence-electron chi connectivity index (χ3n) is 8.23. The Bertz CT molecular complexity index is 2190. The number of hydrogen-bond acceptors (Lipinski definition) is 8. The van der Waals surface area contributed by atoms with Crippen molar-refractivity contribution in [3.63, 3.8) is 0 Å². The first-order valence-electron chi connectivity index (χ1n) is 15.3. The van der Waals surface area contributed by atoms with Crippen LogP contribution in [0.2, 0.25) is 0 Å². The SMILES string of the molecule is c1cncc(C2=C(c3cccnc3)SC(=c3c4ccccc4c(=C4SC(c5cccnc5)=C(c5cccnc5)S4)c4ccccc34)S2)c1. The van der Waals surface area contributed by atoms with E-state index < -0.39 is 0 Å². The van der Waals surface area contributed by atoms with Crippen LogP contribution in [-0.4, -0.2) is 19.9 Å². The largest absolute Gasteiger partial charge is 0.264 e. The molecule has 7 aromatic rings. The van der Waals surface area contributed by atoms with Crippen molar-refractivity contribution in [3.05, 3.63) is 179 Å². The second-order valence-corrected chi connectivity index (χ2v) is 15.7. The number of hydrogen-bond donors (Lipinski definition) is 0. The van der Waals surface area contributed by atoms with Crippen LogP contribution < -0.4 is 10.4 Å². The zero-order valence-electron chi connectivity index (χ0n) is 25.3. The summed E-state index contributed by atoms with van der Waals surface area (Å²) in [7, 11) is 0. The van der Waals surface area contributed by atoms with E-state index in [1.807, 2.05) is 121 Å². The minimum atomic E-state index is 1.11. The van der Waals surface area contributed by atoms with E-state index in [9.17, 15) is 0 Å². The molecular formula is C40H24N4S4. The van der Waals surface area contributed by atoms with Crippen molar-refractivity contribution in [1.82, 2.24) is 19.9 Å². The Morgan fingerprint density at radius 3 is 0.812 bits per heavy atom. The molecule has 0 N–H and O–H groups in total. The first-order chi connectivity index (χ1) is 23.8. The first kappa shape index (κ1) is 29.5. The average Bonchev–Trinajstić information content (AvgIpc) is 3.81. The molecule has 6 heterocycles. The maximum absolute atomic E-state index is 4.47. The lowest BCUT2D eigenvalue weighted by molar-refractivity contribution is 1.31. The molecule has 0 radical (unpaired) electrons. The molecule has 2 aliphatic rings. The van der Waals surface area contributed by atoms with Gasteiger partial charge in [-0.2, -0.15) is 0 Å². The summed E-state index contributed by atoms with van der Waals surface area (Å²) < 4.78 is 2.52. The van der Waals surface area contributed by atoms with Crippen molar-refractivity contribution in [2.24, 2.45) is 0 Å². The molecule has 0 unspecified atom stereocenters. The van der Waals surface area contributed by atoms with Gasteiger partial charge < -0.3 is 0 Å². The number of pyridine rings is 4. The molecule has 48 heavy (non-hydrogen) atoms. The summed E-state index contributed by atoms with van der Waals surface area (Å²) in [6.07, 6.45) is 15.1. The van der Waals surface area contributed by atoms with Gasteiger partial charge in [-0.1, -0.05) is 120 Å². The average molecular weight is 689 g/mol. The Labute approximate surface area is 294 Å². The molecule has 2 aliphatic heterocycles. The topological polar surface area (TPSA) is 51.6 Å². The molecule has 0 fully saturated rings. The Kier molecular flexibility index (Phi) is 7.86. The molecule has 0 spiro atoms. The molecule has 0 saturated carbocycles. The second kappa shape index (κ2) is 12.8. The van der Waals surface area contributed by atoms with E-state index >= 15 is 0 Å². The molecule has 3 aromatic carbocycles. The molecule has 4 aromatic heterocycles. The number of nitrogens with zero attached hydrogens (tertiary/aromatic N) is 4. The monoisotopic (exact) mass is 688 g/mol. The van der Waals surface area contributed by atoms with Crippen molar-refractivity contribution in [2.45, 2.75) is 0 Å². The van der Waals surface area contributed by atoms with E-state index in [0.717, 1.165) is 22.3 Å². The lowest BCUT2D eigenvalue weighted by Crippen LogP contribution is -2.16. The summed E-state index contributed by atoms with van der Waals surface area (Å²) in [6, 6.07) is 34.4. The van der Waals surface area contributed by atoms with E-state index in [4.69, 9.17) is 0 Å². The smallest absolute Gasteiger partial charge is 0.0584 e. The number of rotatable bonds is 4. The van der Waals surface area contributed by atoms with Gasteiger partial charge in [0.1, 0.15) is 0 Å². The summed E-state index contributed by atoms with van der Waals surface area (Å²) in [5.74, 6) is 0. The van der Waals surface area contributed by atoms with Crippen molar-refractivity contribution < 1.29 is 0 Å². The number of benzene rings is 3. The minimum Gasteiger partial charge on any atom is -0.264 e. The van der Waals surface area contributed by atoms with Gasteiger partial charge in [-0.15, -0.1) is 0 Å². The van der Waals surface area contributed by atoms with E-state index in [1.54, 1.807) is 0 Å². The number of aromatic nitrogens is 4. The highest BCUT2D eigenvalue weighted by atomic mass is 32.2. The highest BCUT2D eigenvalue weighted by Crippen LogP contribution is 2.59. The minimum absolute atomic E-state index is 1.11. The fourth-order valence-electron chi connectivity index (χ4n) is 6.12. The summed E-state index contributed by atoms with van der Waals surface area (Å²) >= 11 is 7.34. The standard InChI is InChI=1S/C40H24N4S4/c1-2-14-30-29(13-1)33(39-45-35(25-9-5-17-41-21-25)36(46-39)26-10-6-18-42-22-26)31-15-3-4-16-32(31)34(30)40-47-37(27-11-7-19-43-23-27)38(48-40)28-12-8-20-44-24-28/h1-24H. The van der Waals surface area contributed by atoms with E-state index in [2.05, 4.69) is 92.7 Å². The van der Waals surface area contributed by atoms with Gasteiger partial charge in [-0.25, -0.2) is 0 Å². The van der Waals surface area contributed by atoms with Crippen molar-refractivity contribution in [1.29, 1.82) is 0 Å². The zero-order valence-corrected chi connectivity index (χ0v) is 28.5. The predicted molar refractivity (Wildman–Crippen MR) is 208 cm³/mol. The van der Waals surface area contributed by atoms with Gasteiger partial charge in [0.25, 0.3) is 0 Å². The number of fused-ring (bicyclic) bond motifs is 2. The van der Waals surface area contributed by atoms with Gasteiger partial charge in [0.15, 0.2) is 0 Å². The molecule has 0 atom stereocenters. The van der Waals surface area contributed by atoms with Crippen LogP contribution in [0, 0.1) is 0 Å². The van der Waals surface area contributed by atoms with E-state index in [1.165, 1.54) is 60.1 Å². The maximum atomic E-state index is 4.47. The van der Waals surface area contributed by atoms with Crippen LogP contribution in [0.1, 0.15) is 22.3 Å². The Balaban J connectivity index is 1.31. The molecule has 9 rings (SSSR count). The molecule has 0 saturated heterocycles. The van der Waals surface area contributed by atoms with Gasteiger partial charge in [-0.3, -0.25) is 19.9 Å². The zero-order chi connectivity index (χ0) is 31.9. The molecular weight excluding hydrogens is 665 g/mol. The summed E-state index contributed by atoms with van der Waals surface area (Å²) in [6.45, 7) is 0. The quantitative estimate of drug-likeness (QED) is 0.170. The van der Waals surface area contributed by atoms with Crippen molar-refractivity contribution in [3.8, 4) is 0 Å². The Morgan fingerprint density at radius 2 is 0.583 bits per heavy atom. The highest BCUT2D eigenvalue weighted by molar-refractivity contribution is 8.41. The first-order valence-corrected chi connectivity index (χ1v) is 18.6. The molecule has 228 valence electrons. The van der Waals surface area contributed by atoms with Crippen LogP contribution in [0.25, 0.3) is 49.6 Å². The molecule has 0 bridgehead atoms. The second-order valence-electron chi connectivity index (χ2n) is 11.1. The highest BCUT2D eigenvalue weighted by Gasteiger charge is 2.28. The van der Waals surface area contributed by atoms with Gasteiger partial charge in [0.05, 0.1) is 8.47 Å². The molecule has 0 aliphatic carbocycles. The lowest BCUT2D eigenvalue weighted by Gasteiger charge is -2.11. The van der Waals surface area contributed by atoms with Gasteiger partial charge in [-0.05, 0) is 45.8 Å². The molecule has 4 nitrogen and oxygen atoms in total. The summed E-state index contributed by atoms with van der Waals surface area (Å²) in [5, 5.41) is 7.50. The van der Waals surface area contributed by atoms with Gasteiger partial charge in [0.2, 0.25) is 0 Å². The van der Waals surface area contributed by atoms with Crippen LogP contribution >= 0.6 is 47.0 Å². The summed E-state index contributed by atoms with van der Waals surface area (Å²) in [4.78, 5) is 22.7.